The molecule has 0 saturated carbocycles. The van der Waals surface area contributed by atoms with Crippen molar-refractivity contribution in [2.24, 2.45) is 0 Å². The van der Waals surface area contributed by atoms with Gasteiger partial charge in [0.2, 0.25) is 5.52 Å². The molecule has 18 heavy (non-hydrogen) atoms. The second-order valence-corrected chi connectivity index (χ2v) is 4.83. The molecule has 0 amide bonds. The maximum Gasteiger partial charge on any atom is 0.281 e. The fourth-order valence-electron chi connectivity index (χ4n) is 2.08. The molecule has 88 valence electrons. The standard InChI is InChI=1S/C16H12ClN/c1-11-6-8-12(9-7-11)14-10-13-4-2-3-5-15(13)18-16(14)17/h2-10H,1H3/p+1. The van der Waals surface area contributed by atoms with Crippen molar-refractivity contribution in [2.45, 2.75) is 6.92 Å². The van der Waals surface area contributed by atoms with Crippen molar-refractivity contribution in [1.82, 2.24) is 0 Å². The van der Waals surface area contributed by atoms with Crippen molar-refractivity contribution in [1.29, 1.82) is 0 Å². The van der Waals surface area contributed by atoms with Gasteiger partial charge in [0.05, 0.1) is 5.56 Å². The Bertz CT molecular complexity index is 702. The SMILES string of the molecule is Cc1ccc(-c2cc3ccccc3[nH+]c2Cl)cc1. The first-order valence-corrected chi connectivity index (χ1v) is 6.29. The summed E-state index contributed by atoms with van der Waals surface area (Å²) in [7, 11) is 0. The molecule has 3 rings (SSSR count). The summed E-state index contributed by atoms with van der Waals surface area (Å²) in [4.78, 5) is 3.24. The lowest BCUT2D eigenvalue weighted by Gasteiger charge is -2.02. The van der Waals surface area contributed by atoms with Gasteiger partial charge in [-0.15, -0.1) is 0 Å². The summed E-state index contributed by atoms with van der Waals surface area (Å²) in [5.41, 5.74) is 4.47. The average Bonchev–Trinajstić information content (AvgIpc) is 2.39. The molecule has 1 aromatic heterocycles. The highest BCUT2D eigenvalue weighted by molar-refractivity contribution is 6.31. The van der Waals surface area contributed by atoms with E-state index in [1.165, 1.54) is 5.56 Å². The number of rotatable bonds is 1. The van der Waals surface area contributed by atoms with E-state index in [0.717, 1.165) is 22.0 Å². The molecule has 0 bridgehead atoms. The highest BCUT2D eigenvalue weighted by Crippen LogP contribution is 2.27. The summed E-state index contributed by atoms with van der Waals surface area (Å²) >= 11 is 6.32. The topological polar surface area (TPSA) is 14.1 Å². The number of aromatic nitrogens is 1. The maximum absolute atomic E-state index is 6.32. The van der Waals surface area contributed by atoms with Crippen molar-refractivity contribution in [2.75, 3.05) is 0 Å². The number of pyridine rings is 1. The molecule has 1 heterocycles. The number of aromatic amines is 1. The molecule has 2 heteroatoms. The molecule has 0 atom stereocenters. The van der Waals surface area contributed by atoms with Gasteiger partial charge in [-0.2, -0.15) is 4.98 Å². The van der Waals surface area contributed by atoms with E-state index >= 15 is 0 Å². The number of fused-ring (bicyclic) bond motifs is 1. The highest BCUT2D eigenvalue weighted by Gasteiger charge is 2.12. The van der Waals surface area contributed by atoms with Gasteiger partial charge in [0.25, 0.3) is 5.15 Å². The largest absolute Gasteiger partial charge is 0.281 e. The molecular weight excluding hydrogens is 242 g/mol. The van der Waals surface area contributed by atoms with Crippen LogP contribution in [0.15, 0.2) is 54.6 Å². The van der Waals surface area contributed by atoms with Crippen LogP contribution in [0.25, 0.3) is 22.0 Å². The number of nitrogens with one attached hydrogen (secondary N) is 1. The van der Waals surface area contributed by atoms with Crippen LogP contribution < -0.4 is 4.98 Å². The Morgan fingerprint density at radius 2 is 1.67 bits per heavy atom. The van der Waals surface area contributed by atoms with Crippen LogP contribution >= 0.6 is 11.6 Å². The number of para-hydroxylation sites is 1. The van der Waals surface area contributed by atoms with Gasteiger partial charge in [0.1, 0.15) is 0 Å². The molecule has 0 aliphatic heterocycles. The predicted octanol–water partition coefficient (Wildman–Crippen LogP) is 4.28. The Morgan fingerprint density at radius 1 is 0.944 bits per heavy atom. The zero-order valence-corrected chi connectivity index (χ0v) is 10.8. The number of hydrogen-bond donors (Lipinski definition) is 0. The molecule has 0 unspecified atom stereocenters. The van der Waals surface area contributed by atoms with Crippen molar-refractivity contribution in [3.05, 3.63) is 65.3 Å². The molecule has 2 aromatic carbocycles. The number of halogens is 1. The zero-order valence-electron chi connectivity index (χ0n) is 10.1. The van der Waals surface area contributed by atoms with E-state index in [4.69, 9.17) is 11.6 Å². The number of hydrogen-bond acceptors (Lipinski definition) is 0. The van der Waals surface area contributed by atoms with Crippen molar-refractivity contribution >= 4 is 22.5 Å². The van der Waals surface area contributed by atoms with E-state index in [-0.39, 0.29) is 0 Å². The Morgan fingerprint density at radius 3 is 2.44 bits per heavy atom. The Labute approximate surface area is 111 Å². The molecule has 1 nitrogen and oxygen atoms in total. The Balaban J connectivity index is 2.22. The quantitative estimate of drug-likeness (QED) is 0.576. The first-order valence-electron chi connectivity index (χ1n) is 5.92. The number of aryl methyl sites for hydroxylation is 1. The molecule has 0 aliphatic rings. The lowest BCUT2D eigenvalue weighted by molar-refractivity contribution is -0.341. The third-order valence-electron chi connectivity index (χ3n) is 3.10. The minimum atomic E-state index is 0.678. The van der Waals surface area contributed by atoms with Crippen LogP contribution in [0.2, 0.25) is 5.15 Å². The first-order chi connectivity index (χ1) is 8.74. The fourth-order valence-corrected chi connectivity index (χ4v) is 2.35. The van der Waals surface area contributed by atoms with Gasteiger partial charge in [0, 0.05) is 11.5 Å². The summed E-state index contributed by atoms with van der Waals surface area (Å²) in [5, 5.41) is 1.84. The molecule has 1 N–H and O–H groups in total. The monoisotopic (exact) mass is 254 g/mol. The van der Waals surface area contributed by atoms with Gasteiger partial charge in [-0.1, -0.05) is 42.0 Å². The molecule has 0 radical (unpaired) electrons. The first kappa shape index (κ1) is 11.2. The Kier molecular flexibility index (Phi) is 2.77. The second kappa shape index (κ2) is 4.43. The van der Waals surface area contributed by atoms with Crippen molar-refractivity contribution < 1.29 is 4.98 Å². The van der Waals surface area contributed by atoms with Gasteiger partial charge in [-0.25, -0.2) is 0 Å². The van der Waals surface area contributed by atoms with Gasteiger partial charge >= 0.3 is 0 Å². The lowest BCUT2D eigenvalue weighted by Crippen LogP contribution is -2.06. The fraction of sp³-hybridized carbons (Fsp3) is 0.0625. The average molecular weight is 255 g/mol. The Hall–Kier alpha value is -1.86. The van der Waals surface area contributed by atoms with E-state index in [1.54, 1.807) is 0 Å². The summed E-state index contributed by atoms with van der Waals surface area (Å²) in [6.07, 6.45) is 0. The highest BCUT2D eigenvalue weighted by atomic mass is 35.5. The zero-order chi connectivity index (χ0) is 12.5. The van der Waals surface area contributed by atoms with Crippen LogP contribution in [0.1, 0.15) is 5.56 Å². The van der Waals surface area contributed by atoms with Crippen LogP contribution in [0.3, 0.4) is 0 Å². The van der Waals surface area contributed by atoms with Gasteiger partial charge in [-0.3, -0.25) is 0 Å². The van der Waals surface area contributed by atoms with Crippen molar-refractivity contribution in [3.8, 4) is 11.1 Å². The van der Waals surface area contributed by atoms with Gasteiger partial charge in [0.15, 0.2) is 0 Å². The van der Waals surface area contributed by atoms with E-state index in [0.29, 0.717) is 5.15 Å². The third kappa shape index (κ3) is 1.98. The van der Waals surface area contributed by atoms with Crippen LogP contribution in [0.5, 0.6) is 0 Å². The summed E-state index contributed by atoms with van der Waals surface area (Å²) < 4.78 is 0. The number of benzene rings is 2. The van der Waals surface area contributed by atoms with E-state index < -0.39 is 0 Å². The van der Waals surface area contributed by atoms with E-state index in [1.807, 2.05) is 18.2 Å². The van der Waals surface area contributed by atoms with Gasteiger partial charge < -0.3 is 0 Å². The molecule has 0 spiro atoms. The van der Waals surface area contributed by atoms with Crippen LogP contribution in [0, 0.1) is 6.92 Å². The maximum atomic E-state index is 6.32. The molecule has 0 fully saturated rings. The predicted molar refractivity (Wildman–Crippen MR) is 75.7 cm³/mol. The van der Waals surface area contributed by atoms with E-state index in [9.17, 15) is 0 Å². The molecule has 0 saturated heterocycles. The second-order valence-electron chi connectivity index (χ2n) is 4.45. The van der Waals surface area contributed by atoms with Crippen LogP contribution in [-0.4, -0.2) is 0 Å². The third-order valence-corrected chi connectivity index (χ3v) is 3.40. The van der Waals surface area contributed by atoms with Gasteiger partial charge in [-0.05, 0) is 36.2 Å². The van der Waals surface area contributed by atoms with E-state index in [2.05, 4.69) is 48.3 Å². The lowest BCUT2D eigenvalue weighted by atomic mass is 10.0. The smallest absolute Gasteiger partial charge is 0.194 e. The van der Waals surface area contributed by atoms with Crippen LogP contribution in [0.4, 0.5) is 0 Å². The summed E-state index contributed by atoms with van der Waals surface area (Å²) in [6.45, 7) is 2.08. The minimum Gasteiger partial charge on any atom is -0.194 e. The number of H-pyrrole nitrogens is 1. The van der Waals surface area contributed by atoms with Crippen LogP contribution in [-0.2, 0) is 0 Å². The summed E-state index contributed by atoms with van der Waals surface area (Å²) in [6, 6.07) is 18.7. The minimum absolute atomic E-state index is 0.678. The molecular formula is C16H13ClN+. The summed E-state index contributed by atoms with van der Waals surface area (Å²) in [5.74, 6) is 0. The molecule has 3 aromatic rings. The molecule has 0 aliphatic carbocycles. The van der Waals surface area contributed by atoms with Crippen molar-refractivity contribution in [3.63, 3.8) is 0 Å². The normalized spacial score (nSPS) is 10.8.